The summed E-state index contributed by atoms with van der Waals surface area (Å²) in [4.78, 5) is 25.5. The molecule has 1 aliphatic rings. The summed E-state index contributed by atoms with van der Waals surface area (Å²) in [6, 6.07) is 7.56. The van der Waals surface area contributed by atoms with E-state index in [2.05, 4.69) is 0 Å². The molecule has 0 radical (unpaired) electrons. The first-order chi connectivity index (χ1) is 14.0. The third-order valence-corrected chi connectivity index (χ3v) is 4.98. The van der Waals surface area contributed by atoms with Gasteiger partial charge in [0.1, 0.15) is 12.3 Å². The summed E-state index contributed by atoms with van der Waals surface area (Å²) in [5.74, 6) is -12.5. The normalized spacial score (nSPS) is 18.0. The number of esters is 1. The van der Waals surface area contributed by atoms with Crippen LogP contribution in [-0.4, -0.2) is 17.9 Å². The molecule has 9 heteroatoms. The molecule has 0 bridgehead atoms. The van der Waals surface area contributed by atoms with Gasteiger partial charge in [0.15, 0.2) is 23.3 Å². The maximum absolute atomic E-state index is 14.3. The Morgan fingerprint density at radius 1 is 1.00 bits per heavy atom. The lowest BCUT2D eigenvalue weighted by Gasteiger charge is -2.26. The predicted octanol–water partition coefficient (Wildman–Crippen LogP) is 4.65. The summed E-state index contributed by atoms with van der Waals surface area (Å²) in [6.07, 6.45) is -0.507. The van der Waals surface area contributed by atoms with E-state index in [1.165, 1.54) is 13.8 Å². The lowest BCUT2D eigenvalue weighted by molar-refractivity contribution is -0.145. The van der Waals surface area contributed by atoms with Gasteiger partial charge < -0.3 is 9.64 Å². The number of rotatable bonds is 5. The molecule has 0 aromatic heterocycles. The zero-order valence-corrected chi connectivity index (χ0v) is 16.1. The van der Waals surface area contributed by atoms with Crippen molar-refractivity contribution < 1.29 is 36.3 Å². The van der Waals surface area contributed by atoms with Gasteiger partial charge in [-0.05, 0) is 12.0 Å². The smallest absolute Gasteiger partial charge is 0.308 e. The van der Waals surface area contributed by atoms with E-state index in [9.17, 15) is 31.5 Å². The summed E-state index contributed by atoms with van der Waals surface area (Å²) >= 11 is 0. The van der Waals surface area contributed by atoms with E-state index in [4.69, 9.17) is 4.74 Å². The second-order valence-electron chi connectivity index (χ2n) is 7.69. The van der Waals surface area contributed by atoms with Crippen LogP contribution < -0.4 is 4.90 Å². The van der Waals surface area contributed by atoms with Crippen LogP contribution in [0.15, 0.2) is 30.3 Å². The van der Waals surface area contributed by atoms with Gasteiger partial charge in [-0.25, -0.2) is 22.0 Å². The number of nitrogens with zero attached hydrogens (tertiary/aromatic N) is 1. The van der Waals surface area contributed by atoms with Crippen LogP contribution in [0, 0.1) is 34.5 Å². The molecule has 30 heavy (non-hydrogen) atoms. The molecule has 3 rings (SSSR count). The van der Waals surface area contributed by atoms with E-state index in [1.54, 1.807) is 30.3 Å². The highest BCUT2D eigenvalue weighted by atomic mass is 19.2. The van der Waals surface area contributed by atoms with E-state index in [-0.39, 0.29) is 13.0 Å². The Hall–Kier alpha value is -2.97. The first-order valence-electron chi connectivity index (χ1n) is 9.09. The van der Waals surface area contributed by atoms with Crippen LogP contribution in [0.25, 0.3) is 0 Å². The third-order valence-electron chi connectivity index (χ3n) is 4.98. The van der Waals surface area contributed by atoms with Crippen LogP contribution in [0.5, 0.6) is 0 Å². The van der Waals surface area contributed by atoms with Gasteiger partial charge in [-0.2, -0.15) is 0 Å². The first kappa shape index (κ1) is 21.7. The summed E-state index contributed by atoms with van der Waals surface area (Å²) in [5, 5.41) is 0. The lowest BCUT2D eigenvalue weighted by atomic mass is 9.89. The number of carbonyl (C=O) groups is 2. The fourth-order valence-electron chi connectivity index (χ4n) is 3.50. The SMILES string of the molecule is CC1(C)CC(CC(=O)OCc2ccccc2)N(c2c(F)c(F)c(F)c(F)c2F)C1=O. The highest BCUT2D eigenvalue weighted by molar-refractivity contribution is 6.01. The van der Waals surface area contributed by atoms with Crippen molar-refractivity contribution in [3.05, 3.63) is 65.0 Å². The Balaban J connectivity index is 1.89. The Morgan fingerprint density at radius 2 is 1.53 bits per heavy atom. The average molecular weight is 427 g/mol. The van der Waals surface area contributed by atoms with Crippen molar-refractivity contribution in [2.75, 3.05) is 4.90 Å². The van der Waals surface area contributed by atoms with Crippen LogP contribution >= 0.6 is 0 Å². The van der Waals surface area contributed by atoms with Gasteiger partial charge in [-0.15, -0.1) is 0 Å². The minimum atomic E-state index is -2.32. The standard InChI is InChI=1S/C21H18F5NO3/c1-21(2)9-12(8-13(28)30-10-11-6-4-3-5-7-11)27(20(21)29)19-17(25)15(23)14(22)16(24)18(19)26/h3-7,12H,8-10H2,1-2H3. The molecule has 4 nitrogen and oxygen atoms in total. The summed E-state index contributed by atoms with van der Waals surface area (Å²) in [6.45, 7) is 2.86. The molecule has 1 heterocycles. The maximum Gasteiger partial charge on any atom is 0.308 e. The highest BCUT2D eigenvalue weighted by Crippen LogP contribution is 2.43. The molecule has 1 amide bonds. The molecule has 0 aliphatic carbocycles. The minimum absolute atomic E-state index is 0.0359. The van der Waals surface area contributed by atoms with Gasteiger partial charge in [-0.1, -0.05) is 44.2 Å². The Labute approximate surface area is 169 Å². The Kier molecular flexibility index (Phi) is 5.83. The van der Waals surface area contributed by atoms with Crippen molar-refractivity contribution in [3.8, 4) is 0 Å². The van der Waals surface area contributed by atoms with Crippen LogP contribution in [0.1, 0.15) is 32.3 Å². The van der Waals surface area contributed by atoms with Crippen molar-refractivity contribution >= 4 is 17.6 Å². The van der Waals surface area contributed by atoms with E-state index < -0.39 is 64.5 Å². The molecule has 0 N–H and O–H groups in total. The number of halogens is 5. The number of amides is 1. The molecule has 0 spiro atoms. The van der Waals surface area contributed by atoms with Crippen LogP contribution in [0.3, 0.4) is 0 Å². The summed E-state index contributed by atoms with van der Waals surface area (Å²) in [5.41, 5.74) is -1.84. The molecule has 1 atom stereocenters. The van der Waals surface area contributed by atoms with Crippen LogP contribution in [0.2, 0.25) is 0 Å². The van der Waals surface area contributed by atoms with E-state index in [0.29, 0.717) is 10.5 Å². The highest BCUT2D eigenvalue weighted by Gasteiger charge is 2.49. The van der Waals surface area contributed by atoms with Gasteiger partial charge in [0.2, 0.25) is 11.7 Å². The lowest BCUT2D eigenvalue weighted by Crippen LogP contribution is -2.38. The molecule has 1 fully saturated rings. The fraction of sp³-hybridized carbons (Fsp3) is 0.333. The second kappa shape index (κ2) is 8.04. The molecule has 1 unspecified atom stereocenters. The van der Waals surface area contributed by atoms with E-state index in [1.807, 2.05) is 0 Å². The van der Waals surface area contributed by atoms with Crippen molar-refractivity contribution in [2.45, 2.75) is 39.3 Å². The van der Waals surface area contributed by atoms with E-state index >= 15 is 0 Å². The predicted molar refractivity (Wildman–Crippen MR) is 96.8 cm³/mol. The number of anilines is 1. The van der Waals surface area contributed by atoms with Gasteiger partial charge in [0.05, 0.1) is 6.42 Å². The minimum Gasteiger partial charge on any atom is -0.461 e. The first-order valence-corrected chi connectivity index (χ1v) is 9.09. The van der Waals surface area contributed by atoms with E-state index in [0.717, 1.165) is 0 Å². The molecule has 2 aromatic rings. The molecule has 0 saturated carbocycles. The van der Waals surface area contributed by atoms with Crippen molar-refractivity contribution in [1.82, 2.24) is 0 Å². The molecule has 1 aliphatic heterocycles. The number of hydrogen-bond acceptors (Lipinski definition) is 3. The molecule has 1 saturated heterocycles. The topological polar surface area (TPSA) is 46.6 Å². The van der Waals surface area contributed by atoms with Gasteiger partial charge in [0.25, 0.3) is 0 Å². The number of ether oxygens (including phenoxy) is 1. The second-order valence-corrected chi connectivity index (χ2v) is 7.69. The number of hydrogen-bond donors (Lipinski definition) is 0. The van der Waals surface area contributed by atoms with Crippen molar-refractivity contribution in [2.24, 2.45) is 5.41 Å². The van der Waals surface area contributed by atoms with Gasteiger partial charge >= 0.3 is 5.97 Å². The monoisotopic (exact) mass is 427 g/mol. The summed E-state index contributed by atoms with van der Waals surface area (Å²) in [7, 11) is 0. The summed E-state index contributed by atoms with van der Waals surface area (Å²) < 4.78 is 74.6. The maximum atomic E-state index is 14.3. The number of benzene rings is 2. The van der Waals surface area contributed by atoms with Gasteiger partial charge in [-0.3, -0.25) is 9.59 Å². The van der Waals surface area contributed by atoms with Crippen molar-refractivity contribution in [1.29, 1.82) is 0 Å². The van der Waals surface area contributed by atoms with Crippen molar-refractivity contribution in [3.63, 3.8) is 0 Å². The fourth-order valence-corrected chi connectivity index (χ4v) is 3.50. The zero-order valence-electron chi connectivity index (χ0n) is 16.1. The largest absolute Gasteiger partial charge is 0.461 e. The van der Waals surface area contributed by atoms with Crippen LogP contribution in [0.4, 0.5) is 27.6 Å². The molecular formula is C21H18F5NO3. The van der Waals surface area contributed by atoms with Gasteiger partial charge in [0, 0.05) is 11.5 Å². The Morgan fingerprint density at radius 3 is 2.10 bits per heavy atom. The quantitative estimate of drug-likeness (QED) is 0.302. The zero-order chi connectivity index (χ0) is 22.2. The average Bonchev–Trinajstić information content (AvgIpc) is 2.93. The molecule has 160 valence electrons. The third kappa shape index (κ3) is 3.88. The number of carbonyl (C=O) groups excluding carboxylic acids is 2. The van der Waals surface area contributed by atoms with Crippen LogP contribution in [-0.2, 0) is 20.9 Å². The molecule has 2 aromatic carbocycles. The Bertz CT molecular complexity index is 965. The molecular weight excluding hydrogens is 409 g/mol.